The van der Waals surface area contributed by atoms with Crippen LogP contribution in [0.5, 0.6) is 0 Å². The molecule has 0 bridgehead atoms. The Balaban J connectivity index is 3.44. The predicted octanol–water partition coefficient (Wildman–Crippen LogP) is 2.82. The third-order valence-electron chi connectivity index (χ3n) is 0.376. The molecule has 0 fully saturated rings. The van der Waals surface area contributed by atoms with E-state index in [1.165, 1.54) is 0 Å². The highest BCUT2D eigenvalue weighted by atomic mass is 35.6. The van der Waals surface area contributed by atoms with Gasteiger partial charge < -0.3 is 0 Å². The second kappa shape index (κ2) is 4.00. The molecule has 68 valence electrons. The summed E-state index contributed by atoms with van der Waals surface area (Å²) in [5, 5.41) is 0. The Labute approximate surface area is 75.0 Å². The van der Waals surface area contributed by atoms with Crippen LogP contribution in [0.3, 0.4) is 0 Å². The largest absolute Gasteiger partial charge is 0.549 e. The van der Waals surface area contributed by atoms with Crippen LogP contribution in [0, 0.1) is 0 Å². The molecule has 11 heavy (non-hydrogen) atoms. The average molecular weight is 233 g/mol. The van der Waals surface area contributed by atoms with E-state index in [0.29, 0.717) is 0 Å². The third-order valence-corrected chi connectivity index (χ3v) is 0.703. The zero-order chi connectivity index (χ0) is 9.12. The molecule has 2 nitrogen and oxygen atoms in total. The Morgan fingerprint density at radius 2 is 1.55 bits per heavy atom. The van der Waals surface area contributed by atoms with Gasteiger partial charge in [0.1, 0.15) is 6.61 Å². The van der Waals surface area contributed by atoms with E-state index in [4.69, 9.17) is 34.8 Å². The van der Waals surface area contributed by atoms with E-state index in [9.17, 15) is 13.2 Å². The summed E-state index contributed by atoms with van der Waals surface area (Å²) in [6, 6.07) is 0. The summed E-state index contributed by atoms with van der Waals surface area (Å²) < 4.78 is 31.6. The molecule has 0 aliphatic heterocycles. The molecule has 0 saturated carbocycles. The summed E-state index contributed by atoms with van der Waals surface area (Å²) in [6.07, 6.45) is -4.88. The first-order chi connectivity index (χ1) is 4.71. The van der Waals surface area contributed by atoms with Gasteiger partial charge in [-0.1, -0.05) is 34.8 Å². The van der Waals surface area contributed by atoms with Crippen LogP contribution in [0.15, 0.2) is 0 Å². The normalized spacial score (nSPS) is 13.6. The van der Waals surface area contributed by atoms with Gasteiger partial charge in [-0.15, -0.1) is 18.1 Å². The lowest BCUT2D eigenvalue weighted by atomic mass is 10.8. The van der Waals surface area contributed by atoms with E-state index in [1.54, 1.807) is 0 Å². The Hall–Kier alpha value is 0.580. The van der Waals surface area contributed by atoms with Crippen molar-refractivity contribution in [3.8, 4) is 0 Å². The topological polar surface area (TPSA) is 18.5 Å². The summed E-state index contributed by atoms with van der Waals surface area (Å²) in [5.41, 5.74) is 0. The SMILES string of the molecule is FC(F)(F)OOCC(Cl)(Cl)Cl. The van der Waals surface area contributed by atoms with Crippen molar-refractivity contribution in [3.05, 3.63) is 0 Å². The lowest BCUT2D eigenvalue weighted by Crippen LogP contribution is -2.19. The van der Waals surface area contributed by atoms with Crippen molar-refractivity contribution in [2.45, 2.75) is 10.2 Å². The molecule has 0 atom stereocenters. The fraction of sp³-hybridized carbons (Fsp3) is 1.00. The van der Waals surface area contributed by atoms with Gasteiger partial charge in [-0.2, -0.15) is 0 Å². The lowest BCUT2D eigenvalue weighted by molar-refractivity contribution is -0.483. The van der Waals surface area contributed by atoms with Gasteiger partial charge in [-0.05, 0) is 0 Å². The third kappa shape index (κ3) is 10.6. The molecule has 0 N–H and O–H groups in total. The van der Waals surface area contributed by atoms with Crippen LogP contribution in [0.1, 0.15) is 0 Å². The molecule has 0 radical (unpaired) electrons. The lowest BCUT2D eigenvalue weighted by Gasteiger charge is -2.10. The zero-order valence-electron chi connectivity index (χ0n) is 4.79. The highest BCUT2D eigenvalue weighted by Gasteiger charge is 2.33. The summed E-state index contributed by atoms with van der Waals surface area (Å²) in [4.78, 5) is 6.39. The molecule has 0 aromatic heterocycles. The van der Waals surface area contributed by atoms with Crippen molar-refractivity contribution in [1.82, 2.24) is 0 Å². The maximum Gasteiger partial charge on any atom is 0.549 e. The van der Waals surface area contributed by atoms with Gasteiger partial charge in [-0.25, -0.2) is 4.89 Å². The van der Waals surface area contributed by atoms with Crippen molar-refractivity contribution in [3.63, 3.8) is 0 Å². The van der Waals surface area contributed by atoms with Gasteiger partial charge in [0.15, 0.2) is 0 Å². The quantitative estimate of drug-likeness (QED) is 0.415. The summed E-state index contributed by atoms with van der Waals surface area (Å²) >= 11 is 15.1. The van der Waals surface area contributed by atoms with Crippen LogP contribution < -0.4 is 0 Å². The first-order valence-corrected chi connectivity index (χ1v) is 3.28. The molecular formula is C3H2Cl3F3O2. The maximum atomic E-state index is 11.2. The number of hydrogen-bond donors (Lipinski definition) is 0. The minimum Gasteiger partial charge on any atom is -0.224 e. The molecular weight excluding hydrogens is 231 g/mol. The van der Waals surface area contributed by atoms with Crippen LogP contribution in [0.4, 0.5) is 13.2 Å². The van der Waals surface area contributed by atoms with E-state index in [1.807, 2.05) is 0 Å². The number of rotatable bonds is 2. The van der Waals surface area contributed by atoms with E-state index in [0.717, 1.165) is 0 Å². The Bertz CT molecular complexity index is 106. The van der Waals surface area contributed by atoms with E-state index < -0.39 is 16.8 Å². The molecule has 0 aromatic carbocycles. The van der Waals surface area contributed by atoms with Crippen LogP contribution in [-0.2, 0) is 9.78 Å². The molecule has 0 saturated heterocycles. The number of hydrogen-bond acceptors (Lipinski definition) is 2. The standard InChI is InChI=1S/C3H2Cl3F3O2/c4-2(5,6)1-10-11-3(7,8)9/h1H2. The van der Waals surface area contributed by atoms with E-state index in [2.05, 4.69) is 9.78 Å². The smallest absolute Gasteiger partial charge is 0.224 e. The summed E-state index contributed by atoms with van der Waals surface area (Å²) in [5.74, 6) is 0. The predicted molar refractivity (Wildman–Crippen MR) is 33.4 cm³/mol. The van der Waals surface area contributed by atoms with Crippen molar-refractivity contribution in [1.29, 1.82) is 0 Å². The van der Waals surface area contributed by atoms with Crippen molar-refractivity contribution < 1.29 is 22.9 Å². The molecule has 0 unspecified atom stereocenters. The monoisotopic (exact) mass is 232 g/mol. The average Bonchev–Trinajstić information content (AvgIpc) is 1.55. The Morgan fingerprint density at radius 3 is 1.82 bits per heavy atom. The molecule has 0 aliphatic rings. The van der Waals surface area contributed by atoms with Crippen LogP contribution in [0.2, 0.25) is 0 Å². The van der Waals surface area contributed by atoms with Crippen LogP contribution in [-0.4, -0.2) is 16.8 Å². The fourth-order valence-electron chi connectivity index (χ4n) is 0.163. The fourth-order valence-corrected chi connectivity index (χ4v) is 0.297. The molecule has 0 heterocycles. The first kappa shape index (κ1) is 11.6. The van der Waals surface area contributed by atoms with E-state index in [-0.39, 0.29) is 0 Å². The second-order valence-electron chi connectivity index (χ2n) is 1.41. The van der Waals surface area contributed by atoms with Gasteiger partial charge in [0.05, 0.1) is 0 Å². The minimum atomic E-state index is -4.88. The second-order valence-corrected chi connectivity index (χ2v) is 3.92. The van der Waals surface area contributed by atoms with Gasteiger partial charge in [0, 0.05) is 0 Å². The van der Waals surface area contributed by atoms with Crippen molar-refractivity contribution >= 4 is 34.8 Å². The summed E-state index contributed by atoms with van der Waals surface area (Å²) in [6.45, 7) is -0.794. The van der Waals surface area contributed by atoms with Crippen LogP contribution >= 0.6 is 34.8 Å². The van der Waals surface area contributed by atoms with Gasteiger partial charge in [0.25, 0.3) is 0 Å². The molecule has 0 spiro atoms. The summed E-state index contributed by atoms with van der Waals surface area (Å²) in [7, 11) is 0. The highest BCUT2D eigenvalue weighted by molar-refractivity contribution is 6.67. The van der Waals surface area contributed by atoms with Crippen molar-refractivity contribution in [2.75, 3.05) is 6.61 Å². The molecule has 0 aromatic rings. The first-order valence-electron chi connectivity index (χ1n) is 2.15. The van der Waals surface area contributed by atoms with Crippen LogP contribution in [0.25, 0.3) is 0 Å². The van der Waals surface area contributed by atoms with Gasteiger partial charge in [0.2, 0.25) is 3.79 Å². The molecule has 0 amide bonds. The van der Waals surface area contributed by atoms with Gasteiger partial charge >= 0.3 is 6.36 Å². The number of alkyl halides is 6. The molecule has 8 heteroatoms. The maximum absolute atomic E-state index is 11.2. The van der Waals surface area contributed by atoms with E-state index >= 15 is 0 Å². The Kier molecular flexibility index (Phi) is 4.21. The van der Waals surface area contributed by atoms with Gasteiger partial charge in [-0.3, -0.25) is 0 Å². The number of halogens is 6. The Morgan fingerprint density at radius 1 is 1.09 bits per heavy atom. The molecule has 0 aliphatic carbocycles. The van der Waals surface area contributed by atoms with Crippen molar-refractivity contribution in [2.24, 2.45) is 0 Å². The molecule has 0 rings (SSSR count). The zero-order valence-corrected chi connectivity index (χ0v) is 7.06. The highest BCUT2D eigenvalue weighted by Crippen LogP contribution is 2.27. The minimum absolute atomic E-state index is 0.794.